The van der Waals surface area contributed by atoms with Gasteiger partial charge in [-0.25, -0.2) is 4.98 Å². The third-order valence-electron chi connectivity index (χ3n) is 7.17. The lowest BCUT2D eigenvalue weighted by Crippen LogP contribution is -2.25. The number of benzene rings is 2. The number of carbonyl (C=O) groups excluding carboxylic acids is 1. The number of rotatable bonds is 7. The molecule has 0 bridgehead atoms. The van der Waals surface area contributed by atoms with Gasteiger partial charge < -0.3 is 9.88 Å². The predicted octanol–water partition coefficient (Wildman–Crippen LogP) is 4.82. The molecule has 2 aromatic heterocycles. The van der Waals surface area contributed by atoms with E-state index < -0.39 is 0 Å². The van der Waals surface area contributed by atoms with E-state index in [1.54, 1.807) is 11.2 Å². The van der Waals surface area contributed by atoms with Crippen molar-refractivity contribution in [2.45, 2.75) is 39.8 Å². The Hall–Kier alpha value is -3.84. The Labute approximate surface area is 211 Å². The van der Waals surface area contributed by atoms with Crippen LogP contribution in [0, 0.1) is 19.8 Å². The summed E-state index contributed by atoms with van der Waals surface area (Å²) in [6.07, 6.45) is 4.37. The van der Waals surface area contributed by atoms with E-state index in [1.165, 1.54) is 18.4 Å². The second kappa shape index (κ2) is 8.99. The first kappa shape index (κ1) is 22.6. The molecule has 0 radical (unpaired) electrons. The minimum Gasteiger partial charge on any atom is -0.317 e. The molecule has 7 heteroatoms. The zero-order valence-corrected chi connectivity index (χ0v) is 21.0. The van der Waals surface area contributed by atoms with Gasteiger partial charge >= 0.3 is 0 Å². The molecule has 36 heavy (non-hydrogen) atoms. The van der Waals surface area contributed by atoms with Crippen molar-refractivity contribution in [3.8, 4) is 22.5 Å². The van der Waals surface area contributed by atoms with E-state index >= 15 is 0 Å². The van der Waals surface area contributed by atoms with E-state index in [0.717, 1.165) is 69.7 Å². The van der Waals surface area contributed by atoms with Gasteiger partial charge in [-0.15, -0.1) is 10.2 Å². The fourth-order valence-corrected chi connectivity index (χ4v) is 4.94. The lowest BCUT2D eigenvalue weighted by atomic mass is 9.96. The average Bonchev–Trinajstić information content (AvgIpc) is 3.50. The smallest absolute Gasteiger partial charge is 0.260 e. The first-order valence-electron chi connectivity index (χ1n) is 12.5. The third-order valence-corrected chi connectivity index (χ3v) is 7.17. The first-order valence-corrected chi connectivity index (χ1v) is 12.5. The fraction of sp³-hybridized carbons (Fsp3) is 0.310. The molecule has 3 heterocycles. The average molecular weight is 479 g/mol. The molecule has 0 saturated heterocycles. The predicted molar refractivity (Wildman–Crippen MR) is 141 cm³/mol. The molecule has 1 saturated carbocycles. The first-order chi connectivity index (χ1) is 17.5. The number of aromatic nitrogens is 4. The van der Waals surface area contributed by atoms with Crippen LogP contribution in [0.25, 0.3) is 22.5 Å². The molecule has 0 unspecified atom stereocenters. The zero-order valence-electron chi connectivity index (χ0n) is 21.0. The molecule has 7 nitrogen and oxygen atoms in total. The van der Waals surface area contributed by atoms with Crippen LogP contribution >= 0.6 is 0 Å². The highest BCUT2D eigenvalue weighted by Gasteiger charge is 2.30. The van der Waals surface area contributed by atoms with Crippen molar-refractivity contribution < 1.29 is 4.79 Å². The summed E-state index contributed by atoms with van der Waals surface area (Å²) in [7, 11) is 1.94. The van der Waals surface area contributed by atoms with Crippen LogP contribution < -0.4 is 10.2 Å². The van der Waals surface area contributed by atoms with Crippen LogP contribution in [0.15, 0.2) is 54.9 Å². The van der Waals surface area contributed by atoms with Gasteiger partial charge in [0.2, 0.25) is 0 Å². The number of pyridine rings is 1. The number of aryl methyl sites for hydroxylation is 3. The molecule has 1 aliphatic carbocycles. The maximum absolute atomic E-state index is 13.5. The van der Waals surface area contributed by atoms with Crippen molar-refractivity contribution in [1.82, 2.24) is 25.1 Å². The molecule has 2 aliphatic rings. The summed E-state index contributed by atoms with van der Waals surface area (Å²) in [5.74, 6) is 2.38. The Morgan fingerprint density at radius 2 is 1.78 bits per heavy atom. The zero-order chi connectivity index (χ0) is 24.8. The molecule has 4 aromatic rings. The van der Waals surface area contributed by atoms with E-state index in [2.05, 4.69) is 58.8 Å². The quantitative estimate of drug-likeness (QED) is 0.412. The topological polar surface area (TPSA) is 75.9 Å². The molecule has 6 rings (SSSR count). The Bertz CT molecular complexity index is 1470. The Balaban J connectivity index is 1.27. The van der Waals surface area contributed by atoms with Crippen LogP contribution in [0.2, 0.25) is 0 Å². The van der Waals surface area contributed by atoms with Crippen LogP contribution in [0.5, 0.6) is 0 Å². The van der Waals surface area contributed by atoms with Crippen molar-refractivity contribution >= 4 is 11.7 Å². The third kappa shape index (κ3) is 4.31. The Morgan fingerprint density at radius 3 is 2.53 bits per heavy atom. The highest BCUT2D eigenvalue weighted by molar-refractivity contribution is 6.10. The molecule has 0 spiro atoms. The number of hydrogen-bond donors (Lipinski definition) is 1. The van der Waals surface area contributed by atoms with Gasteiger partial charge in [0.25, 0.3) is 5.91 Å². The highest BCUT2D eigenvalue weighted by Crippen LogP contribution is 2.34. The van der Waals surface area contributed by atoms with Crippen LogP contribution in [-0.2, 0) is 20.1 Å². The summed E-state index contributed by atoms with van der Waals surface area (Å²) in [6.45, 7) is 6.46. The Morgan fingerprint density at radius 1 is 1.00 bits per heavy atom. The van der Waals surface area contributed by atoms with Gasteiger partial charge in [0.15, 0.2) is 5.82 Å². The maximum Gasteiger partial charge on any atom is 0.260 e. The number of amides is 1. The summed E-state index contributed by atoms with van der Waals surface area (Å²) in [5.41, 5.74) is 8.08. The Kier molecular flexibility index (Phi) is 5.64. The van der Waals surface area contributed by atoms with E-state index in [0.29, 0.717) is 6.54 Å². The van der Waals surface area contributed by atoms with Gasteiger partial charge in [-0.1, -0.05) is 24.3 Å². The van der Waals surface area contributed by atoms with E-state index in [4.69, 9.17) is 4.98 Å². The lowest BCUT2D eigenvalue weighted by Gasteiger charge is -2.17. The van der Waals surface area contributed by atoms with Crippen molar-refractivity contribution in [2.75, 3.05) is 11.4 Å². The molecule has 1 fully saturated rings. The second-order valence-electron chi connectivity index (χ2n) is 10.1. The van der Waals surface area contributed by atoms with Gasteiger partial charge in [-0.3, -0.25) is 9.69 Å². The second-order valence-corrected chi connectivity index (χ2v) is 10.1. The lowest BCUT2D eigenvalue weighted by molar-refractivity contribution is 0.0996. The molecule has 182 valence electrons. The molecule has 1 aliphatic heterocycles. The van der Waals surface area contributed by atoms with E-state index in [9.17, 15) is 4.79 Å². The van der Waals surface area contributed by atoms with Crippen molar-refractivity contribution in [3.05, 3.63) is 82.8 Å². The van der Waals surface area contributed by atoms with Gasteiger partial charge in [0, 0.05) is 30.4 Å². The number of hydrogen-bond acceptors (Lipinski definition) is 5. The monoisotopic (exact) mass is 478 g/mol. The summed E-state index contributed by atoms with van der Waals surface area (Å²) < 4.78 is 1.92. The van der Waals surface area contributed by atoms with E-state index in [1.807, 2.05) is 30.7 Å². The normalized spacial score (nSPS) is 15.0. The molecule has 0 atom stereocenters. The van der Waals surface area contributed by atoms with Gasteiger partial charge in [-0.2, -0.15) is 0 Å². The van der Waals surface area contributed by atoms with Gasteiger partial charge in [0.05, 0.1) is 6.54 Å². The van der Waals surface area contributed by atoms with E-state index in [-0.39, 0.29) is 5.91 Å². The van der Waals surface area contributed by atoms with Crippen LogP contribution in [0.3, 0.4) is 0 Å². The van der Waals surface area contributed by atoms with Crippen molar-refractivity contribution in [2.24, 2.45) is 13.0 Å². The summed E-state index contributed by atoms with van der Waals surface area (Å²) in [6, 6.07) is 16.6. The molecule has 1 N–H and O–H groups in total. The number of anilines is 1. The molecule has 2 aromatic carbocycles. The fourth-order valence-electron chi connectivity index (χ4n) is 4.94. The molecular formula is C29H30N6O. The number of carbonyl (C=O) groups is 1. The van der Waals surface area contributed by atoms with Crippen LogP contribution in [0.4, 0.5) is 5.82 Å². The minimum absolute atomic E-state index is 0.00229. The maximum atomic E-state index is 13.5. The van der Waals surface area contributed by atoms with Crippen LogP contribution in [-0.4, -0.2) is 32.2 Å². The van der Waals surface area contributed by atoms with Crippen molar-refractivity contribution in [3.63, 3.8) is 0 Å². The molecule has 1 amide bonds. The standard InChI is InChI=1S/C29H30N6O/c1-18-4-7-22(12-25(18)28-33-31-17-34(28)3)23-8-9-24-16-35(29(36)26(24)13-23)27-11-21(10-19(2)32-27)15-30-14-20-5-6-20/h4,7-13,17,20,30H,5-6,14-16H2,1-3H3. The van der Waals surface area contributed by atoms with Gasteiger partial charge in [-0.05, 0) is 91.2 Å². The largest absolute Gasteiger partial charge is 0.317 e. The highest BCUT2D eigenvalue weighted by atomic mass is 16.2. The molecular weight excluding hydrogens is 448 g/mol. The van der Waals surface area contributed by atoms with Crippen LogP contribution in [0.1, 0.15) is 45.6 Å². The number of fused-ring (bicyclic) bond motifs is 1. The summed E-state index contributed by atoms with van der Waals surface area (Å²) in [5, 5.41) is 11.9. The van der Waals surface area contributed by atoms with Gasteiger partial charge in [0.1, 0.15) is 12.1 Å². The SMILES string of the molecule is Cc1cc(CNCC2CC2)cc(N2Cc3ccc(-c4ccc(C)c(-c5nncn5C)c4)cc3C2=O)n1. The summed E-state index contributed by atoms with van der Waals surface area (Å²) in [4.78, 5) is 20.0. The number of nitrogens with one attached hydrogen (secondary N) is 1. The summed E-state index contributed by atoms with van der Waals surface area (Å²) >= 11 is 0. The van der Waals surface area contributed by atoms with Crippen molar-refractivity contribution in [1.29, 1.82) is 0 Å². The minimum atomic E-state index is 0.00229. The number of nitrogens with zero attached hydrogens (tertiary/aromatic N) is 5.